The Bertz CT molecular complexity index is 451. The number of carboxylic acids is 1. The summed E-state index contributed by atoms with van der Waals surface area (Å²) < 4.78 is 5.61. The van der Waals surface area contributed by atoms with E-state index in [2.05, 4.69) is 10.6 Å². The molecule has 0 aromatic heterocycles. The van der Waals surface area contributed by atoms with E-state index in [4.69, 9.17) is 9.84 Å². The zero-order valence-electron chi connectivity index (χ0n) is 13.0. The van der Waals surface area contributed by atoms with Crippen molar-refractivity contribution in [3.63, 3.8) is 0 Å². The van der Waals surface area contributed by atoms with Gasteiger partial charge in [-0.05, 0) is 31.6 Å². The van der Waals surface area contributed by atoms with Crippen molar-refractivity contribution in [2.24, 2.45) is 11.8 Å². The van der Waals surface area contributed by atoms with E-state index in [0.29, 0.717) is 12.8 Å². The third kappa shape index (κ3) is 4.19. The Labute approximate surface area is 129 Å². The van der Waals surface area contributed by atoms with E-state index in [-0.39, 0.29) is 36.5 Å². The minimum Gasteiger partial charge on any atom is -0.480 e. The van der Waals surface area contributed by atoms with Crippen LogP contribution in [0.15, 0.2) is 0 Å². The van der Waals surface area contributed by atoms with Crippen LogP contribution >= 0.6 is 0 Å². The summed E-state index contributed by atoms with van der Waals surface area (Å²) in [5.41, 5.74) is 0. The molecule has 2 bridgehead atoms. The van der Waals surface area contributed by atoms with Gasteiger partial charge in [-0.15, -0.1) is 0 Å². The van der Waals surface area contributed by atoms with Crippen molar-refractivity contribution in [3.8, 4) is 0 Å². The molecule has 2 amide bonds. The Kier molecular flexibility index (Phi) is 5.39. The van der Waals surface area contributed by atoms with Gasteiger partial charge in [-0.1, -0.05) is 13.8 Å². The maximum absolute atomic E-state index is 12.0. The SMILES string of the molecule is CC(C)C[C@H](NC(=O)CNC(=O)C1CC2CCC1O2)C(=O)O. The van der Waals surface area contributed by atoms with Crippen molar-refractivity contribution >= 4 is 17.8 Å². The summed E-state index contributed by atoms with van der Waals surface area (Å²) in [6.07, 6.45) is 3.12. The van der Waals surface area contributed by atoms with E-state index in [0.717, 1.165) is 12.8 Å². The summed E-state index contributed by atoms with van der Waals surface area (Å²) in [6.45, 7) is 3.58. The Morgan fingerprint density at radius 1 is 1.27 bits per heavy atom. The van der Waals surface area contributed by atoms with Gasteiger partial charge in [-0.2, -0.15) is 0 Å². The van der Waals surface area contributed by atoms with Gasteiger partial charge in [0, 0.05) is 0 Å². The van der Waals surface area contributed by atoms with E-state index in [1.807, 2.05) is 13.8 Å². The number of hydrogen-bond donors (Lipinski definition) is 3. The van der Waals surface area contributed by atoms with E-state index in [9.17, 15) is 14.4 Å². The van der Waals surface area contributed by atoms with Crippen molar-refractivity contribution in [1.29, 1.82) is 0 Å². The lowest BCUT2D eigenvalue weighted by Crippen LogP contribution is -2.47. The van der Waals surface area contributed by atoms with Crippen LogP contribution in [0.1, 0.15) is 39.5 Å². The summed E-state index contributed by atoms with van der Waals surface area (Å²) in [5.74, 6) is -1.75. The molecule has 2 saturated heterocycles. The standard InChI is InChI=1S/C15H24N2O5/c1-8(2)5-11(15(20)21)17-13(18)7-16-14(19)10-6-9-3-4-12(10)22-9/h8-12H,3-7H2,1-2H3,(H,16,19)(H,17,18)(H,20,21)/t9?,10?,11-,12?/m0/s1. The molecule has 2 aliphatic heterocycles. The Morgan fingerprint density at radius 2 is 2.00 bits per heavy atom. The highest BCUT2D eigenvalue weighted by atomic mass is 16.5. The van der Waals surface area contributed by atoms with Gasteiger partial charge in [0.1, 0.15) is 6.04 Å². The van der Waals surface area contributed by atoms with E-state index < -0.39 is 17.9 Å². The van der Waals surface area contributed by atoms with Crippen molar-refractivity contribution < 1.29 is 24.2 Å². The number of amides is 2. The Morgan fingerprint density at radius 3 is 2.50 bits per heavy atom. The van der Waals surface area contributed by atoms with Gasteiger partial charge in [0.05, 0.1) is 24.7 Å². The molecule has 0 aliphatic carbocycles. The molecule has 3 N–H and O–H groups in total. The molecule has 0 radical (unpaired) electrons. The summed E-state index contributed by atoms with van der Waals surface area (Å²) >= 11 is 0. The number of ether oxygens (including phenoxy) is 1. The summed E-state index contributed by atoms with van der Waals surface area (Å²) in [5, 5.41) is 14.1. The minimum atomic E-state index is -1.06. The number of aliphatic carboxylic acids is 1. The van der Waals surface area contributed by atoms with Crippen LogP contribution in [0.3, 0.4) is 0 Å². The Balaban J connectivity index is 1.74. The van der Waals surface area contributed by atoms with Crippen LogP contribution < -0.4 is 10.6 Å². The average Bonchev–Trinajstić information content (AvgIpc) is 3.06. The molecule has 22 heavy (non-hydrogen) atoms. The monoisotopic (exact) mass is 312 g/mol. The third-order valence-electron chi connectivity index (χ3n) is 4.21. The summed E-state index contributed by atoms with van der Waals surface area (Å²) in [4.78, 5) is 34.9. The smallest absolute Gasteiger partial charge is 0.326 e. The molecule has 7 heteroatoms. The van der Waals surface area contributed by atoms with E-state index >= 15 is 0 Å². The van der Waals surface area contributed by atoms with E-state index in [1.54, 1.807) is 0 Å². The molecule has 0 aromatic carbocycles. The molecular formula is C15H24N2O5. The maximum atomic E-state index is 12.0. The molecule has 2 fully saturated rings. The van der Waals surface area contributed by atoms with Gasteiger partial charge in [0.15, 0.2) is 0 Å². The first kappa shape index (κ1) is 16.7. The fourth-order valence-corrected chi connectivity index (χ4v) is 3.15. The number of carboxylic acid groups (broad SMARTS) is 1. The molecule has 0 aromatic rings. The first-order valence-electron chi connectivity index (χ1n) is 7.82. The molecule has 124 valence electrons. The van der Waals surface area contributed by atoms with Crippen molar-refractivity contribution in [2.75, 3.05) is 6.54 Å². The highest BCUT2D eigenvalue weighted by Gasteiger charge is 2.44. The largest absolute Gasteiger partial charge is 0.480 e. The molecule has 2 rings (SSSR count). The third-order valence-corrected chi connectivity index (χ3v) is 4.21. The topological polar surface area (TPSA) is 105 Å². The minimum absolute atomic E-state index is 0.0271. The van der Waals surface area contributed by atoms with Crippen molar-refractivity contribution in [1.82, 2.24) is 10.6 Å². The molecular weight excluding hydrogens is 288 g/mol. The van der Waals surface area contributed by atoms with Crippen LogP contribution in [0.2, 0.25) is 0 Å². The first-order chi connectivity index (χ1) is 10.4. The fraction of sp³-hybridized carbons (Fsp3) is 0.800. The molecule has 0 spiro atoms. The van der Waals surface area contributed by atoms with Crippen LogP contribution in [0.4, 0.5) is 0 Å². The molecule has 7 nitrogen and oxygen atoms in total. The molecule has 0 saturated carbocycles. The maximum Gasteiger partial charge on any atom is 0.326 e. The second-order valence-electron chi connectivity index (χ2n) is 6.52. The second kappa shape index (κ2) is 7.09. The van der Waals surface area contributed by atoms with Gasteiger partial charge < -0.3 is 20.5 Å². The highest BCUT2D eigenvalue weighted by Crippen LogP contribution is 2.38. The number of carbonyl (C=O) groups excluding carboxylic acids is 2. The van der Waals surface area contributed by atoms with Crippen LogP contribution in [-0.2, 0) is 19.1 Å². The van der Waals surface area contributed by atoms with E-state index in [1.165, 1.54) is 0 Å². The lowest BCUT2D eigenvalue weighted by Gasteiger charge is -2.19. The van der Waals surface area contributed by atoms with Gasteiger partial charge in [0.25, 0.3) is 0 Å². The fourth-order valence-electron chi connectivity index (χ4n) is 3.15. The van der Waals surface area contributed by atoms with Crippen LogP contribution in [0, 0.1) is 11.8 Å². The average molecular weight is 312 g/mol. The molecule has 3 unspecified atom stereocenters. The quantitative estimate of drug-likeness (QED) is 0.626. The van der Waals surface area contributed by atoms with Gasteiger partial charge in [-0.25, -0.2) is 4.79 Å². The highest BCUT2D eigenvalue weighted by molar-refractivity contribution is 5.88. The number of carbonyl (C=O) groups is 3. The molecule has 2 aliphatic rings. The number of hydrogen-bond acceptors (Lipinski definition) is 4. The van der Waals surface area contributed by atoms with Crippen molar-refractivity contribution in [2.45, 2.75) is 57.8 Å². The number of fused-ring (bicyclic) bond motifs is 2. The lowest BCUT2D eigenvalue weighted by molar-refractivity contribution is -0.142. The van der Waals surface area contributed by atoms with Crippen molar-refractivity contribution in [3.05, 3.63) is 0 Å². The van der Waals surface area contributed by atoms with Gasteiger partial charge in [-0.3, -0.25) is 9.59 Å². The molecule has 4 atom stereocenters. The van der Waals surface area contributed by atoms with Crippen LogP contribution in [0.5, 0.6) is 0 Å². The normalized spacial score (nSPS) is 27.7. The molecule has 2 heterocycles. The zero-order chi connectivity index (χ0) is 16.3. The first-order valence-corrected chi connectivity index (χ1v) is 7.82. The van der Waals surface area contributed by atoms with Crippen LogP contribution in [0.25, 0.3) is 0 Å². The predicted molar refractivity (Wildman–Crippen MR) is 78.0 cm³/mol. The summed E-state index contributed by atoms with van der Waals surface area (Å²) in [6, 6.07) is -0.921. The Hall–Kier alpha value is -1.63. The number of rotatable bonds is 7. The number of nitrogens with one attached hydrogen (secondary N) is 2. The van der Waals surface area contributed by atoms with Crippen LogP contribution in [-0.4, -0.2) is 47.7 Å². The summed E-state index contributed by atoms with van der Waals surface area (Å²) in [7, 11) is 0. The van der Waals surface area contributed by atoms with Gasteiger partial charge in [0.2, 0.25) is 11.8 Å². The lowest BCUT2D eigenvalue weighted by atomic mass is 9.88. The zero-order valence-corrected chi connectivity index (χ0v) is 13.0. The predicted octanol–water partition coefficient (Wildman–Crippen LogP) is 0.286. The van der Waals surface area contributed by atoms with Gasteiger partial charge >= 0.3 is 5.97 Å². The second-order valence-corrected chi connectivity index (χ2v) is 6.52.